The lowest BCUT2D eigenvalue weighted by Gasteiger charge is -2.27. The quantitative estimate of drug-likeness (QED) is 0.174. The van der Waals surface area contributed by atoms with Crippen LogP contribution in [0.5, 0.6) is 0 Å². The molecule has 0 radical (unpaired) electrons. The molecule has 12 nitrogen and oxygen atoms in total. The van der Waals surface area contributed by atoms with Crippen LogP contribution in [0.3, 0.4) is 0 Å². The number of carboxylic acid groups (broad SMARTS) is 1. The van der Waals surface area contributed by atoms with Gasteiger partial charge in [0.25, 0.3) is 0 Å². The van der Waals surface area contributed by atoms with E-state index in [1.807, 2.05) is 0 Å². The largest absolute Gasteiger partial charge is 0.480 e. The van der Waals surface area contributed by atoms with Gasteiger partial charge in [-0.3, -0.25) is 19.2 Å². The number of carbonyl (C=O) groups is 5. The summed E-state index contributed by atoms with van der Waals surface area (Å²) in [6.45, 7) is 7.76. The lowest BCUT2D eigenvalue weighted by molar-refractivity contribution is -0.144. The third-order valence-corrected chi connectivity index (χ3v) is 4.34. The molecule has 0 fully saturated rings. The number of aliphatic hydroxyl groups is 1. The van der Waals surface area contributed by atoms with Crippen LogP contribution in [0, 0.1) is 11.8 Å². The van der Waals surface area contributed by atoms with Gasteiger partial charge in [-0.2, -0.15) is 0 Å². The average molecular weight is 431 g/mol. The Morgan fingerprint density at radius 3 is 1.63 bits per heavy atom. The maximum atomic E-state index is 12.6. The highest BCUT2D eigenvalue weighted by molar-refractivity contribution is 5.96. The second kappa shape index (κ2) is 12.1. The molecule has 5 atom stereocenters. The molecule has 1 unspecified atom stereocenters. The monoisotopic (exact) mass is 431 g/mol. The van der Waals surface area contributed by atoms with Gasteiger partial charge < -0.3 is 37.6 Å². The highest BCUT2D eigenvalue weighted by atomic mass is 16.4. The smallest absolute Gasteiger partial charge is 0.326 e. The number of amides is 4. The number of aliphatic hydroxyl groups excluding tert-OH is 1. The van der Waals surface area contributed by atoms with Gasteiger partial charge in [-0.25, -0.2) is 4.79 Å². The van der Waals surface area contributed by atoms with Gasteiger partial charge in [0, 0.05) is 0 Å². The fraction of sp³-hybridized carbons (Fsp3) is 0.722. The molecule has 12 heteroatoms. The molecule has 0 bridgehead atoms. The van der Waals surface area contributed by atoms with E-state index in [-0.39, 0.29) is 0 Å². The number of hydrogen-bond donors (Lipinski definition) is 7. The van der Waals surface area contributed by atoms with Crippen molar-refractivity contribution in [3.05, 3.63) is 0 Å². The van der Waals surface area contributed by atoms with Crippen molar-refractivity contribution in [1.29, 1.82) is 0 Å². The highest BCUT2D eigenvalue weighted by Gasteiger charge is 2.33. The number of carbonyl (C=O) groups excluding carboxylic acids is 4. The van der Waals surface area contributed by atoms with Gasteiger partial charge in [0.15, 0.2) is 0 Å². The number of aliphatic carboxylic acids is 1. The average Bonchev–Trinajstić information content (AvgIpc) is 2.60. The Morgan fingerprint density at radius 1 is 0.800 bits per heavy atom. The molecule has 0 aliphatic heterocycles. The predicted molar refractivity (Wildman–Crippen MR) is 107 cm³/mol. The van der Waals surface area contributed by atoms with Crippen LogP contribution in [0.1, 0.15) is 41.0 Å². The maximum absolute atomic E-state index is 12.6. The zero-order valence-corrected chi connectivity index (χ0v) is 17.8. The third kappa shape index (κ3) is 8.74. The molecule has 0 aliphatic rings. The van der Waals surface area contributed by atoms with E-state index >= 15 is 0 Å². The van der Waals surface area contributed by atoms with Crippen molar-refractivity contribution in [3.63, 3.8) is 0 Å². The Balaban J connectivity index is 5.46. The van der Waals surface area contributed by atoms with Crippen LogP contribution >= 0.6 is 0 Å². The SMILES string of the molecule is CC(O)[C@H](N)C(=O)N[C@@H](CC(N)=O)C(=O)N[C@H](C(=O)N[C@H](C(=O)O)C(C)C)C(C)C. The molecule has 9 N–H and O–H groups in total. The summed E-state index contributed by atoms with van der Waals surface area (Å²) in [5.41, 5.74) is 10.6. The molecule has 0 aliphatic carbocycles. The first-order chi connectivity index (χ1) is 13.7. The van der Waals surface area contributed by atoms with E-state index < -0.39 is 78.1 Å². The number of nitrogens with two attached hydrogens (primary N) is 2. The highest BCUT2D eigenvalue weighted by Crippen LogP contribution is 2.07. The lowest BCUT2D eigenvalue weighted by atomic mass is 9.99. The van der Waals surface area contributed by atoms with E-state index in [1.54, 1.807) is 27.7 Å². The Hall–Kier alpha value is -2.73. The van der Waals surface area contributed by atoms with Gasteiger partial charge in [0.1, 0.15) is 24.2 Å². The van der Waals surface area contributed by atoms with Crippen LogP contribution < -0.4 is 27.4 Å². The second-order valence-electron chi connectivity index (χ2n) is 7.80. The molecule has 0 saturated carbocycles. The molecular weight excluding hydrogens is 398 g/mol. The van der Waals surface area contributed by atoms with Crippen LogP contribution in [0.4, 0.5) is 0 Å². The van der Waals surface area contributed by atoms with E-state index in [4.69, 9.17) is 11.5 Å². The maximum Gasteiger partial charge on any atom is 0.326 e. The van der Waals surface area contributed by atoms with Crippen LogP contribution in [0.25, 0.3) is 0 Å². The normalized spacial score (nSPS) is 16.2. The van der Waals surface area contributed by atoms with E-state index in [0.29, 0.717) is 0 Å². The standard InChI is InChI=1S/C18H33N5O7/c1-7(2)13(17(28)23-14(8(3)4)18(29)30)22-15(26)10(6-11(19)25)21-16(27)12(20)9(5)24/h7-10,12-14,24H,6,20H2,1-5H3,(H2,19,25)(H,21,27)(H,22,26)(H,23,28)(H,29,30)/t9?,10-,12-,13-,14-/m0/s1. The Bertz CT molecular complexity index is 651. The van der Waals surface area contributed by atoms with Gasteiger partial charge >= 0.3 is 5.97 Å². The van der Waals surface area contributed by atoms with E-state index in [2.05, 4.69) is 16.0 Å². The number of carboxylic acids is 1. The minimum atomic E-state index is -1.44. The van der Waals surface area contributed by atoms with Crippen molar-refractivity contribution >= 4 is 29.6 Å². The Morgan fingerprint density at radius 2 is 1.27 bits per heavy atom. The van der Waals surface area contributed by atoms with Crippen molar-refractivity contribution in [1.82, 2.24) is 16.0 Å². The number of hydrogen-bond acceptors (Lipinski definition) is 7. The molecule has 4 amide bonds. The summed E-state index contributed by atoms with van der Waals surface area (Å²) < 4.78 is 0. The van der Waals surface area contributed by atoms with Gasteiger partial charge in [-0.1, -0.05) is 27.7 Å². The summed E-state index contributed by atoms with van der Waals surface area (Å²) in [7, 11) is 0. The molecule has 0 aromatic rings. The van der Waals surface area contributed by atoms with Gasteiger partial charge in [-0.15, -0.1) is 0 Å². The molecular formula is C18H33N5O7. The van der Waals surface area contributed by atoms with Crippen molar-refractivity contribution in [2.45, 2.75) is 71.3 Å². The summed E-state index contributed by atoms with van der Waals surface area (Å²) in [6.07, 6.45) is -1.78. The van der Waals surface area contributed by atoms with E-state index in [9.17, 15) is 34.2 Å². The first-order valence-electron chi connectivity index (χ1n) is 9.54. The fourth-order valence-electron chi connectivity index (χ4n) is 2.44. The van der Waals surface area contributed by atoms with Crippen molar-refractivity contribution < 1.29 is 34.2 Å². The molecule has 0 heterocycles. The van der Waals surface area contributed by atoms with Crippen LogP contribution in [-0.4, -0.2) is 70.1 Å². The molecule has 0 saturated heterocycles. The summed E-state index contributed by atoms with van der Waals surface area (Å²) in [6, 6.07) is -5.09. The van der Waals surface area contributed by atoms with Crippen LogP contribution in [0.2, 0.25) is 0 Å². The molecule has 30 heavy (non-hydrogen) atoms. The van der Waals surface area contributed by atoms with Crippen molar-refractivity contribution in [2.24, 2.45) is 23.3 Å². The molecule has 172 valence electrons. The second-order valence-corrected chi connectivity index (χ2v) is 7.80. The topological polar surface area (TPSA) is 214 Å². The molecule has 0 aromatic carbocycles. The summed E-state index contributed by atoms with van der Waals surface area (Å²) >= 11 is 0. The minimum absolute atomic E-state index is 0.404. The van der Waals surface area contributed by atoms with Gasteiger partial charge in [0.05, 0.1) is 12.5 Å². The van der Waals surface area contributed by atoms with Crippen molar-refractivity contribution in [3.8, 4) is 0 Å². The fourth-order valence-corrected chi connectivity index (χ4v) is 2.44. The zero-order chi connectivity index (χ0) is 23.8. The first-order valence-corrected chi connectivity index (χ1v) is 9.54. The summed E-state index contributed by atoms with van der Waals surface area (Å²) in [5, 5.41) is 25.7. The van der Waals surface area contributed by atoms with Crippen LogP contribution in [0.15, 0.2) is 0 Å². The summed E-state index contributed by atoms with van der Waals surface area (Å²) in [4.78, 5) is 59.9. The number of nitrogens with one attached hydrogen (secondary N) is 3. The van der Waals surface area contributed by atoms with Crippen molar-refractivity contribution in [2.75, 3.05) is 0 Å². The number of rotatable bonds is 12. The third-order valence-electron chi connectivity index (χ3n) is 4.34. The van der Waals surface area contributed by atoms with Gasteiger partial charge in [-0.05, 0) is 18.8 Å². The molecule has 0 rings (SSSR count). The minimum Gasteiger partial charge on any atom is -0.480 e. The predicted octanol–water partition coefficient (Wildman–Crippen LogP) is -2.58. The van der Waals surface area contributed by atoms with E-state index in [1.165, 1.54) is 6.92 Å². The molecule has 0 spiro atoms. The first kappa shape index (κ1) is 27.3. The van der Waals surface area contributed by atoms with Crippen LogP contribution in [-0.2, 0) is 24.0 Å². The number of primary amides is 1. The van der Waals surface area contributed by atoms with Gasteiger partial charge in [0.2, 0.25) is 23.6 Å². The molecule has 0 aromatic heterocycles. The Kier molecular flexibility index (Phi) is 11.0. The Labute approximate surface area is 175 Å². The lowest BCUT2D eigenvalue weighted by Crippen LogP contribution is -2.60. The van der Waals surface area contributed by atoms with E-state index in [0.717, 1.165) is 0 Å². The zero-order valence-electron chi connectivity index (χ0n) is 17.8. The summed E-state index contributed by atoms with van der Waals surface area (Å²) in [5.74, 6) is -5.47.